The number of fused-ring (bicyclic) bond motifs is 1. The summed E-state index contributed by atoms with van der Waals surface area (Å²) in [4.78, 5) is 20.2. The number of nitrogens with one attached hydrogen (secondary N) is 1. The van der Waals surface area contributed by atoms with Gasteiger partial charge in [-0.3, -0.25) is 4.79 Å². The number of aliphatic imine (C=N–C) groups is 1. The lowest BCUT2D eigenvalue weighted by molar-refractivity contribution is -0.115. The molecule has 1 saturated heterocycles. The molecule has 0 aromatic heterocycles. The maximum absolute atomic E-state index is 12.5. The maximum Gasteiger partial charge on any atom is 0.264 e. The first-order chi connectivity index (χ1) is 14.6. The Morgan fingerprint density at radius 2 is 1.94 bits per heavy atom. The number of amides is 1. The van der Waals surface area contributed by atoms with Crippen LogP contribution in [0.15, 0.2) is 52.4 Å². The highest BCUT2D eigenvalue weighted by atomic mass is 35.5. The molecule has 0 bridgehead atoms. The molecule has 1 atom stereocenters. The van der Waals surface area contributed by atoms with E-state index in [2.05, 4.69) is 68.0 Å². The highest BCUT2D eigenvalue weighted by Gasteiger charge is 2.37. The molecule has 1 amide bonds. The smallest absolute Gasteiger partial charge is 0.264 e. The van der Waals surface area contributed by atoms with Crippen molar-refractivity contribution >= 4 is 51.9 Å². The zero-order valence-corrected chi connectivity index (χ0v) is 20.1. The van der Waals surface area contributed by atoms with Crippen molar-refractivity contribution in [3.63, 3.8) is 0 Å². The molecule has 1 fully saturated rings. The number of anilines is 1. The molecule has 0 unspecified atom stereocenters. The van der Waals surface area contributed by atoms with E-state index in [0.29, 0.717) is 27.1 Å². The highest BCUT2D eigenvalue weighted by molar-refractivity contribution is 8.18. The molecular formula is C25H28ClN3OS. The van der Waals surface area contributed by atoms with Crippen LogP contribution >= 0.6 is 23.4 Å². The number of nitrogens with zero attached hydrogens (tertiary/aromatic N) is 2. The van der Waals surface area contributed by atoms with E-state index in [1.807, 2.05) is 18.2 Å². The third-order valence-corrected chi connectivity index (χ3v) is 6.98. The van der Waals surface area contributed by atoms with E-state index >= 15 is 0 Å². The molecule has 4 rings (SSSR count). The SMILES string of the molecule is CC(C)N1c2ccc(/C=C3\SC(=Nc4ccc(Cl)cc4)NC3=O)cc2[C@H](C)CC1(C)C. The van der Waals surface area contributed by atoms with Crippen molar-refractivity contribution < 1.29 is 4.79 Å². The Bertz CT molecular complexity index is 1070. The first-order valence-electron chi connectivity index (χ1n) is 10.6. The van der Waals surface area contributed by atoms with Gasteiger partial charge in [-0.15, -0.1) is 0 Å². The lowest BCUT2D eigenvalue weighted by Gasteiger charge is -2.50. The van der Waals surface area contributed by atoms with Crippen LogP contribution in [0, 0.1) is 0 Å². The number of hydrogen-bond donors (Lipinski definition) is 1. The number of rotatable bonds is 3. The second kappa shape index (κ2) is 8.36. The van der Waals surface area contributed by atoms with Gasteiger partial charge >= 0.3 is 0 Å². The zero-order valence-electron chi connectivity index (χ0n) is 18.6. The van der Waals surface area contributed by atoms with Gasteiger partial charge in [0.15, 0.2) is 5.17 Å². The molecule has 0 radical (unpaired) electrons. The van der Waals surface area contributed by atoms with Crippen molar-refractivity contribution in [2.24, 2.45) is 4.99 Å². The van der Waals surface area contributed by atoms with Gasteiger partial charge in [0.1, 0.15) is 0 Å². The molecule has 2 aliphatic heterocycles. The lowest BCUT2D eigenvalue weighted by atomic mass is 9.79. The van der Waals surface area contributed by atoms with Gasteiger partial charge in [0.2, 0.25) is 0 Å². The van der Waals surface area contributed by atoms with Gasteiger partial charge < -0.3 is 10.2 Å². The van der Waals surface area contributed by atoms with E-state index in [1.165, 1.54) is 23.0 Å². The first kappa shape index (κ1) is 22.0. The normalized spacial score (nSPS) is 22.9. The summed E-state index contributed by atoms with van der Waals surface area (Å²) in [5, 5.41) is 4.10. The highest BCUT2D eigenvalue weighted by Crippen LogP contribution is 2.45. The Hall–Kier alpha value is -2.24. The molecule has 1 N–H and O–H groups in total. The summed E-state index contributed by atoms with van der Waals surface area (Å²) in [5.41, 5.74) is 4.57. The fraction of sp³-hybridized carbons (Fsp3) is 0.360. The fourth-order valence-corrected chi connectivity index (χ4v) is 5.77. The van der Waals surface area contributed by atoms with E-state index in [1.54, 1.807) is 12.1 Å². The van der Waals surface area contributed by atoms with Crippen LogP contribution in [0.3, 0.4) is 0 Å². The van der Waals surface area contributed by atoms with Gasteiger partial charge in [-0.2, -0.15) is 0 Å². The van der Waals surface area contributed by atoms with Crippen molar-refractivity contribution in [3.05, 3.63) is 63.5 Å². The van der Waals surface area contributed by atoms with Crippen molar-refractivity contribution in [2.75, 3.05) is 4.90 Å². The number of hydrogen-bond acceptors (Lipinski definition) is 4. The summed E-state index contributed by atoms with van der Waals surface area (Å²) in [6.07, 6.45) is 3.06. The van der Waals surface area contributed by atoms with E-state index < -0.39 is 0 Å². The van der Waals surface area contributed by atoms with Gasteiger partial charge in [0, 0.05) is 22.3 Å². The van der Waals surface area contributed by atoms with Gasteiger partial charge in [-0.25, -0.2) is 4.99 Å². The minimum Gasteiger partial charge on any atom is -0.364 e. The van der Waals surface area contributed by atoms with Crippen molar-refractivity contribution in [3.8, 4) is 0 Å². The first-order valence-corrected chi connectivity index (χ1v) is 11.8. The van der Waals surface area contributed by atoms with Crippen LogP contribution in [0.5, 0.6) is 0 Å². The standard InChI is InChI=1S/C25H28ClN3OS/c1-15(2)29-21-11-6-17(12-20(21)16(3)14-25(29,4)5)13-22-23(30)28-24(31-22)27-19-9-7-18(26)8-10-19/h6-13,15-16H,14H2,1-5H3,(H,27,28,30)/b22-13-/t16-/m1/s1. The molecule has 31 heavy (non-hydrogen) atoms. The van der Waals surface area contributed by atoms with Crippen LogP contribution in [0.4, 0.5) is 11.4 Å². The largest absolute Gasteiger partial charge is 0.364 e. The predicted molar refractivity (Wildman–Crippen MR) is 133 cm³/mol. The number of thioether (sulfide) groups is 1. The molecule has 4 nitrogen and oxygen atoms in total. The Balaban J connectivity index is 1.62. The van der Waals surface area contributed by atoms with Crippen molar-refractivity contribution in [2.45, 2.75) is 58.5 Å². The van der Waals surface area contributed by atoms with Crippen LogP contribution < -0.4 is 10.2 Å². The maximum atomic E-state index is 12.5. The molecule has 0 spiro atoms. The summed E-state index contributed by atoms with van der Waals surface area (Å²) in [6.45, 7) is 11.4. The fourth-order valence-electron chi connectivity index (χ4n) is 4.80. The molecule has 162 valence electrons. The van der Waals surface area contributed by atoms with Crippen LogP contribution in [0.1, 0.15) is 58.1 Å². The van der Waals surface area contributed by atoms with Crippen LogP contribution in [0.25, 0.3) is 6.08 Å². The molecule has 0 aliphatic carbocycles. The van der Waals surface area contributed by atoms with Gasteiger partial charge in [0.25, 0.3) is 5.91 Å². The third-order valence-electron chi connectivity index (χ3n) is 5.82. The number of carbonyl (C=O) groups is 1. The van der Waals surface area contributed by atoms with E-state index in [4.69, 9.17) is 11.6 Å². The van der Waals surface area contributed by atoms with Crippen LogP contribution in [0.2, 0.25) is 5.02 Å². The monoisotopic (exact) mass is 453 g/mol. The summed E-state index contributed by atoms with van der Waals surface area (Å²) in [7, 11) is 0. The quantitative estimate of drug-likeness (QED) is 0.524. The lowest BCUT2D eigenvalue weighted by Crippen LogP contribution is -2.51. The van der Waals surface area contributed by atoms with E-state index in [0.717, 1.165) is 17.7 Å². The van der Waals surface area contributed by atoms with Crippen LogP contribution in [-0.2, 0) is 4.79 Å². The van der Waals surface area contributed by atoms with Gasteiger partial charge in [-0.1, -0.05) is 24.6 Å². The second-order valence-electron chi connectivity index (χ2n) is 9.16. The Morgan fingerprint density at radius 1 is 1.23 bits per heavy atom. The predicted octanol–water partition coefficient (Wildman–Crippen LogP) is 6.73. The minimum atomic E-state index is -0.117. The molecular weight excluding hydrogens is 426 g/mol. The molecule has 2 aromatic rings. The van der Waals surface area contributed by atoms with E-state index in [9.17, 15) is 4.79 Å². The number of amidine groups is 1. The van der Waals surface area contributed by atoms with E-state index in [-0.39, 0.29) is 11.4 Å². The van der Waals surface area contributed by atoms with Crippen molar-refractivity contribution in [1.29, 1.82) is 0 Å². The zero-order chi connectivity index (χ0) is 22.3. The molecule has 2 heterocycles. The van der Waals surface area contributed by atoms with Crippen molar-refractivity contribution in [1.82, 2.24) is 5.32 Å². The molecule has 2 aliphatic rings. The average Bonchev–Trinajstić information content (AvgIpc) is 3.02. The Labute approximate surface area is 193 Å². The Kier molecular flexibility index (Phi) is 5.93. The summed E-state index contributed by atoms with van der Waals surface area (Å²) in [5.74, 6) is 0.346. The number of benzene rings is 2. The molecule has 0 saturated carbocycles. The third kappa shape index (κ3) is 4.53. The topological polar surface area (TPSA) is 44.7 Å². The average molecular weight is 454 g/mol. The molecule has 6 heteroatoms. The summed E-state index contributed by atoms with van der Waals surface area (Å²) in [6, 6.07) is 14.2. The molecule has 2 aromatic carbocycles. The Morgan fingerprint density at radius 3 is 2.61 bits per heavy atom. The van der Waals surface area contributed by atoms with Gasteiger partial charge in [0.05, 0.1) is 10.6 Å². The summed E-state index contributed by atoms with van der Waals surface area (Å²) >= 11 is 7.29. The second-order valence-corrected chi connectivity index (χ2v) is 10.6. The van der Waals surface area contributed by atoms with Crippen LogP contribution in [-0.4, -0.2) is 22.7 Å². The number of carbonyl (C=O) groups excluding carboxylic acids is 1. The number of halogens is 1. The summed E-state index contributed by atoms with van der Waals surface area (Å²) < 4.78 is 0. The minimum absolute atomic E-state index is 0.117. The van der Waals surface area contributed by atoms with Gasteiger partial charge in [-0.05, 0) is 105 Å².